The number of phosphoric ester groups is 1. The molecule has 1 heterocycles. The first-order valence-electron chi connectivity index (χ1n) is 3.81. The van der Waals surface area contributed by atoms with E-state index in [1.807, 2.05) is 0 Å². The van der Waals surface area contributed by atoms with E-state index < -0.39 is 7.82 Å². The average molecular weight is 251 g/mol. The minimum atomic E-state index is -4.44. The van der Waals surface area contributed by atoms with Gasteiger partial charge in [-0.25, -0.2) is 9.55 Å². The molecule has 0 unspecified atom stereocenters. The minimum Gasteiger partial charge on any atom is -0.323 e. The number of rotatable bonds is 4. The third kappa shape index (κ3) is 4.06. The third-order valence-corrected chi connectivity index (χ3v) is 2.90. The lowest BCUT2D eigenvalue weighted by Gasteiger charge is -2.01. The third-order valence-electron chi connectivity index (χ3n) is 1.44. The summed E-state index contributed by atoms with van der Waals surface area (Å²) in [6.07, 6.45) is 0. The standard InChI is InChI=1S/C6H10N3O4PS/c1-4(9-7)6-8-5(3-15-6)2-13-14(10,11)12/h3H,2,7H2,1H3,(H2,10,11,12)/b9-4+. The zero-order valence-corrected chi connectivity index (χ0v) is 9.53. The first-order chi connectivity index (χ1) is 6.92. The van der Waals surface area contributed by atoms with Crippen LogP contribution in [0, 0.1) is 0 Å². The molecule has 0 spiro atoms. The van der Waals surface area contributed by atoms with Gasteiger partial charge in [-0.3, -0.25) is 4.52 Å². The number of thiazole rings is 1. The van der Waals surface area contributed by atoms with Crippen molar-refractivity contribution in [3.8, 4) is 0 Å². The van der Waals surface area contributed by atoms with Crippen LogP contribution in [0.25, 0.3) is 0 Å². The highest BCUT2D eigenvalue weighted by atomic mass is 32.1. The zero-order valence-electron chi connectivity index (χ0n) is 7.82. The fourth-order valence-electron chi connectivity index (χ4n) is 0.745. The lowest BCUT2D eigenvalue weighted by molar-refractivity contribution is 0.187. The van der Waals surface area contributed by atoms with Gasteiger partial charge >= 0.3 is 7.82 Å². The van der Waals surface area contributed by atoms with Crippen molar-refractivity contribution >= 4 is 24.9 Å². The van der Waals surface area contributed by atoms with Crippen LogP contribution in [0.4, 0.5) is 0 Å². The van der Waals surface area contributed by atoms with E-state index in [1.165, 1.54) is 11.3 Å². The molecule has 0 fully saturated rings. The lowest BCUT2D eigenvalue weighted by atomic mass is 10.4. The molecule has 9 heteroatoms. The Hall–Kier alpha value is -0.790. The number of hydrogen-bond donors (Lipinski definition) is 3. The van der Waals surface area contributed by atoms with Crippen LogP contribution in [-0.4, -0.2) is 20.5 Å². The van der Waals surface area contributed by atoms with E-state index in [2.05, 4.69) is 14.6 Å². The molecule has 0 aromatic carbocycles. The quantitative estimate of drug-likeness (QED) is 0.309. The normalized spacial score (nSPS) is 13.1. The largest absolute Gasteiger partial charge is 0.469 e. The van der Waals surface area contributed by atoms with Gasteiger partial charge in [-0.2, -0.15) is 5.10 Å². The Morgan fingerprint density at radius 2 is 2.47 bits per heavy atom. The van der Waals surface area contributed by atoms with Crippen LogP contribution in [0.1, 0.15) is 17.6 Å². The first-order valence-corrected chi connectivity index (χ1v) is 6.22. The van der Waals surface area contributed by atoms with Gasteiger partial charge < -0.3 is 15.6 Å². The summed E-state index contributed by atoms with van der Waals surface area (Å²) in [7, 11) is -4.44. The Bertz CT molecular complexity index is 412. The smallest absolute Gasteiger partial charge is 0.323 e. The molecule has 1 rings (SSSR count). The van der Waals surface area contributed by atoms with E-state index in [0.29, 0.717) is 16.4 Å². The van der Waals surface area contributed by atoms with Gasteiger partial charge in [0.15, 0.2) is 0 Å². The second-order valence-electron chi connectivity index (χ2n) is 2.62. The predicted octanol–water partition coefficient (Wildman–Crippen LogP) is 0.435. The second-order valence-corrected chi connectivity index (χ2v) is 4.72. The molecule has 15 heavy (non-hydrogen) atoms. The summed E-state index contributed by atoms with van der Waals surface area (Å²) < 4.78 is 14.7. The summed E-state index contributed by atoms with van der Waals surface area (Å²) in [6.45, 7) is 1.45. The number of hydrogen-bond acceptors (Lipinski definition) is 6. The van der Waals surface area contributed by atoms with E-state index in [4.69, 9.17) is 15.6 Å². The second kappa shape index (κ2) is 4.82. The minimum absolute atomic E-state index is 0.237. The van der Waals surface area contributed by atoms with Crippen molar-refractivity contribution in [2.24, 2.45) is 10.9 Å². The molecule has 0 saturated heterocycles. The van der Waals surface area contributed by atoms with Crippen molar-refractivity contribution in [3.05, 3.63) is 16.1 Å². The molecule has 0 saturated carbocycles. The van der Waals surface area contributed by atoms with Crippen molar-refractivity contribution in [3.63, 3.8) is 0 Å². The molecular formula is C6H10N3O4PS. The maximum absolute atomic E-state index is 10.4. The van der Waals surface area contributed by atoms with Crippen LogP contribution in [0.3, 0.4) is 0 Å². The lowest BCUT2D eigenvalue weighted by Crippen LogP contribution is -1.99. The molecule has 0 bridgehead atoms. The fraction of sp³-hybridized carbons (Fsp3) is 0.333. The predicted molar refractivity (Wildman–Crippen MR) is 55.3 cm³/mol. The molecule has 1 aromatic heterocycles. The zero-order chi connectivity index (χ0) is 11.5. The SMILES string of the molecule is C/C(=N\N)c1nc(COP(=O)(O)O)cs1. The van der Waals surface area contributed by atoms with E-state index in [-0.39, 0.29) is 6.61 Å². The molecule has 1 aromatic rings. The van der Waals surface area contributed by atoms with Crippen molar-refractivity contribution in [1.82, 2.24) is 4.98 Å². The van der Waals surface area contributed by atoms with Gasteiger partial charge in [-0.05, 0) is 6.92 Å². The molecule has 0 radical (unpaired) electrons. The van der Waals surface area contributed by atoms with Crippen LogP contribution >= 0.6 is 19.2 Å². The Balaban J connectivity index is 2.65. The topological polar surface area (TPSA) is 118 Å². The summed E-state index contributed by atoms with van der Waals surface area (Å²) in [5.41, 5.74) is 0.990. The van der Waals surface area contributed by atoms with Crippen LogP contribution in [-0.2, 0) is 15.7 Å². The van der Waals surface area contributed by atoms with Gasteiger partial charge in [-0.15, -0.1) is 11.3 Å². The molecule has 4 N–H and O–H groups in total. The molecule has 84 valence electrons. The van der Waals surface area contributed by atoms with Gasteiger partial charge in [0, 0.05) is 5.38 Å². The first kappa shape index (κ1) is 12.3. The van der Waals surface area contributed by atoms with E-state index in [1.54, 1.807) is 12.3 Å². The van der Waals surface area contributed by atoms with Gasteiger partial charge in [0.05, 0.1) is 11.4 Å². The van der Waals surface area contributed by atoms with E-state index in [9.17, 15) is 4.57 Å². The van der Waals surface area contributed by atoms with Crippen LogP contribution in [0.15, 0.2) is 10.5 Å². The Morgan fingerprint density at radius 3 is 3.00 bits per heavy atom. The molecular weight excluding hydrogens is 241 g/mol. The average Bonchev–Trinajstić information content (AvgIpc) is 2.61. The highest BCUT2D eigenvalue weighted by Crippen LogP contribution is 2.36. The van der Waals surface area contributed by atoms with E-state index >= 15 is 0 Å². The Labute approximate surface area is 89.8 Å². The van der Waals surface area contributed by atoms with Crippen LogP contribution < -0.4 is 5.84 Å². The summed E-state index contributed by atoms with van der Waals surface area (Å²) >= 11 is 1.28. The molecule has 0 amide bonds. The van der Waals surface area contributed by atoms with Gasteiger partial charge in [0.2, 0.25) is 0 Å². The van der Waals surface area contributed by atoms with Crippen LogP contribution in [0.5, 0.6) is 0 Å². The summed E-state index contributed by atoms with van der Waals surface area (Å²) in [4.78, 5) is 20.9. The summed E-state index contributed by atoms with van der Waals surface area (Å²) in [6, 6.07) is 0. The van der Waals surface area contributed by atoms with Crippen LogP contribution in [0.2, 0.25) is 0 Å². The van der Waals surface area contributed by atoms with Crippen molar-refractivity contribution in [2.75, 3.05) is 0 Å². The van der Waals surface area contributed by atoms with Gasteiger partial charge in [0.1, 0.15) is 11.6 Å². The van der Waals surface area contributed by atoms with Crippen molar-refractivity contribution in [2.45, 2.75) is 13.5 Å². The Morgan fingerprint density at radius 1 is 1.80 bits per heavy atom. The highest BCUT2D eigenvalue weighted by Gasteiger charge is 2.15. The molecule has 7 nitrogen and oxygen atoms in total. The number of nitrogens with zero attached hydrogens (tertiary/aromatic N) is 2. The highest BCUT2D eigenvalue weighted by molar-refractivity contribution is 7.46. The maximum atomic E-state index is 10.4. The fourth-order valence-corrected chi connectivity index (χ4v) is 1.81. The van der Waals surface area contributed by atoms with E-state index in [0.717, 1.165) is 0 Å². The molecule has 0 atom stereocenters. The van der Waals surface area contributed by atoms with Crippen molar-refractivity contribution in [1.29, 1.82) is 0 Å². The van der Waals surface area contributed by atoms with Gasteiger partial charge in [0.25, 0.3) is 0 Å². The Kier molecular flexibility index (Phi) is 3.95. The number of phosphoric acid groups is 1. The monoisotopic (exact) mass is 251 g/mol. The number of hydrazone groups is 1. The molecule has 0 aliphatic carbocycles. The number of nitrogens with two attached hydrogens (primary N) is 1. The summed E-state index contributed by atoms with van der Waals surface area (Å²) in [5, 5.41) is 5.67. The van der Waals surface area contributed by atoms with Gasteiger partial charge in [-0.1, -0.05) is 0 Å². The van der Waals surface area contributed by atoms with Crippen molar-refractivity contribution < 1.29 is 18.9 Å². The molecule has 0 aliphatic heterocycles. The maximum Gasteiger partial charge on any atom is 0.469 e. The molecule has 0 aliphatic rings. The number of aromatic nitrogens is 1. The summed E-state index contributed by atoms with van der Waals surface area (Å²) in [5.74, 6) is 5.06.